The van der Waals surface area contributed by atoms with E-state index in [1.165, 1.54) is 5.57 Å². The molecule has 0 bridgehead atoms. The van der Waals surface area contributed by atoms with E-state index >= 15 is 0 Å². The fraction of sp³-hybridized carbons (Fsp3) is 0.556. The van der Waals surface area contributed by atoms with Crippen molar-refractivity contribution in [3.05, 3.63) is 17.5 Å². The summed E-state index contributed by atoms with van der Waals surface area (Å²) >= 11 is 0. The summed E-state index contributed by atoms with van der Waals surface area (Å²) in [7, 11) is 1.66. The molecular formula is C9H13N5O2. The zero-order chi connectivity index (χ0) is 11.4. The van der Waals surface area contributed by atoms with E-state index in [4.69, 9.17) is 4.74 Å². The molecule has 0 aliphatic carbocycles. The fourth-order valence-electron chi connectivity index (χ4n) is 1.61. The first-order chi connectivity index (χ1) is 7.81. The molecule has 2 rings (SSSR count). The Bertz CT molecular complexity index is 387. The largest absolute Gasteiger partial charge is 0.380 e. The second-order valence-electron chi connectivity index (χ2n) is 3.53. The van der Waals surface area contributed by atoms with Gasteiger partial charge in [-0.25, -0.2) is 0 Å². The van der Waals surface area contributed by atoms with Gasteiger partial charge in [0.15, 0.2) is 0 Å². The lowest BCUT2D eigenvalue weighted by atomic mass is 10.1. The van der Waals surface area contributed by atoms with E-state index in [9.17, 15) is 4.79 Å². The van der Waals surface area contributed by atoms with Gasteiger partial charge in [0.1, 0.15) is 0 Å². The minimum Gasteiger partial charge on any atom is -0.380 e. The van der Waals surface area contributed by atoms with Crippen LogP contribution in [0.15, 0.2) is 11.6 Å². The lowest BCUT2D eigenvalue weighted by molar-refractivity contribution is 0.0753. The number of ether oxygens (including phenoxy) is 1. The van der Waals surface area contributed by atoms with Gasteiger partial charge in [0, 0.05) is 20.2 Å². The van der Waals surface area contributed by atoms with Gasteiger partial charge in [-0.15, -0.1) is 10.2 Å². The zero-order valence-corrected chi connectivity index (χ0v) is 9.01. The summed E-state index contributed by atoms with van der Waals surface area (Å²) in [5, 5.41) is 13.0. The van der Waals surface area contributed by atoms with Crippen molar-refractivity contribution in [2.45, 2.75) is 6.42 Å². The second kappa shape index (κ2) is 4.84. The lowest BCUT2D eigenvalue weighted by Crippen LogP contribution is -2.36. The Balaban J connectivity index is 1.97. The van der Waals surface area contributed by atoms with Gasteiger partial charge in [0.05, 0.1) is 6.61 Å². The van der Waals surface area contributed by atoms with Crippen molar-refractivity contribution in [3.8, 4) is 0 Å². The predicted octanol–water partition coefficient (Wildman–Crippen LogP) is -0.382. The Labute approximate surface area is 92.5 Å². The number of hydrogen-bond acceptors (Lipinski definition) is 5. The monoisotopic (exact) mass is 223 g/mol. The maximum Gasteiger partial charge on any atom is 0.295 e. The molecule has 1 N–H and O–H groups in total. The summed E-state index contributed by atoms with van der Waals surface area (Å²) in [6.45, 7) is 1.87. The highest BCUT2D eigenvalue weighted by Crippen LogP contribution is 2.12. The molecule has 1 aliphatic rings. The first-order valence-corrected chi connectivity index (χ1v) is 5.01. The van der Waals surface area contributed by atoms with Crippen LogP contribution in [0, 0.1) is 0 Å². The van der Waals surface area contributed by atoms with Gasteiger partial charge in [0.25, 0.3) is 11.7 Å². The average Bonchev–Trinajstić information content (AvgIpc) is 2.83. The molecule has 1 aliphatic heterocycles. The highest BCUT2D eigenvalue weighted by molar-refractivity contribution is 5.90. The molecule has 16 heavy (non-hydrogen) atoms. The Kier molecular flexibility index (Phi) is 3.25. The molecule has 1 aromatic rings. The highest BCUT2D eigenvalue weighted by Gasteiger charge is 2.21. The Morgan fingerprint density at radius 3 is 3.12 bits per heavy atom. The van der Waals surface area contributed by atoms with Crippen molar-refractivity contribution in [2.24, 2.45) is 0 Å². The molecule has 0 saturated heterocycles. The van der Waals surface area contributed by atoms with Crippen molar-refractivity contribution >= 4 is 5.91 Å². The molecule has 0 unspecified atom stereocenters. The van der Waals surface area contributed by atoms with Crippen molar-refractivity contribution in [2.75, 3.05) is 26.8 Å². The average molecular weight is 223 g/mol. The Hall–Kier alpha value is -1.76. The number of H-pyrrole nitrogens is 1. The van der Waals surface area contributed by atoms with Gasteiger partial charge >= 0.3 is 0 Å². The molecule has 0 radical (unpaired) electrons. The summed E-state index contributed by atoms with van der Waals surface area (Å²) in [6, 6.07) is 0. The number of methoxy groups -OCH3 is 1. The number of nitrogens with one attached hydrogen (secondary N) is 1. The molecule has 0 saturated carbocycles. The summed E-state index contributed by atoms with van der Waals surface area (Å²) in [5.74, 6) is -0.0786. The van der Waals surface area contributed by atoms with Crippen molar-refractivity contribution in [1.29, 1.82) is 0 Å². The maximum absolute atomic E-state index is 11.8. The van der Waals surface area contributed by atoms with Crippen molar-refractivity contribution in [3.63, 3.8) is 0 Å². The molecule has 7 nitrogen and oxygen atoms in total. The van der Waals surface area contributed by atoms with Crippen molar-refractivity contribution < 1.29 is 9.53 Å². The van der Waals surface area contributed by atoms with Gasteiger partial charge in [0.2, 0.25) is 0 Å². The third-order valence-electron chi connectivity index (χ3n) is 2.46. The zero-order valence-electron chi connectivity index (χ0n) is 9.01. The van der Waals surface area contributed by atoms with Crippen LogP contribution in [0.1, 0.15) is 17.0 Å². The summed E-state index contributed by atoms with van der Waals surface area (Å²) in [4.78, 5) is 13.5. The van der Waals surface area contributed by atoms with Gasteiger partial charge in [-0.2, -0.15) is 5.21 Å². The molecule has 0 atom stereocenters. The maximum atomic E-state index is 11.8. The number of rotatable bonds is 3. The number of aromatic nitrogens is 4. The van der Waals surface area contributed by atoms with Crippen LogP contribution in [0.5, 0.6) is 0 Å². The minimum absolute atomic E-state index is 0.114. The smallest absolute Gasteiger partial charge is 0.295 e. The molecule has 0 spiro atoms. The van der Waals surface area contributed by atoms with Crippen molar-refractivity contribution in [1.82, 2.24) is 25.5 Å². The van der Waals surface area contributed by atoms with Crippen LogP contribution < -0.4 is 0 Å². The third kappa shape index (κ3) is 2.25. The predicted molar refractivity (Wildman–Crippen MR) is 54.7 cm³/mol. The molecule has 1 amide bonds. The van der Waals surface area contributed by atoms with Gasteiger partial charge in [-0.3, -0.25) is 4.79 Å². The Morgan fingerprint density at radius 2 is 2.56 bits per heavy atom. The number of nitrogens with zero attached hydrogens (tertiary/aromatic N) is 4. The molecule has 86 valence electrons. The van der Waals surface area contributed by atoms with E-state index in [1.807, 2.05) is 6.08 Å². The number of amides is 1. The topological polar surface area (TPSA) is 84.0 Å². The van der Waals surface area contributed by atoms with Gasteiger partial charge in [-0.1, -0.05) is 6.08 Å². The van der Waals surface area contributed by atoms with E-state index < -0.39 is 0 Å². The Morgan fingerprint density at radius 1 is 1.69 bits per heavy atom. The van der Waals surface area contributed by atoms with Crippen LogP contribution in [-0.4, -0.2) is 58.2 Å². The minimum atomic E-state index is -0.193. The quantitative estimate of drug-likeness (QED) is 0.706. The molecular weight excluding hydrogens is 210 g/mol. The summed E-state index contributed by atoms with van der Waals surface area (Å²) in [6.07, 6.45) is 2.84. The van der Waals surface area contributed by atoms with E-state index in [2.05, 4.69) is 20.6 Å². The van der Waals surface area contributed by atoms with E-state index in [1.54, 1.807) is 12.0 Å². The summed E-state index contributed by atoms with van der Waals surface area (Å²) in [5.41, 5.74) is 1.22. The molecule has 7 heteroatoms. The highest BCUT2D eigenvalue weighted by atomic mass is 16.5. The molecule has 0 fully saturated rings. The van der Waals surface area contributed by atoms with Crippen LogP contribution in [0.25, 0.3) is 0 Å². The second-order valence-corrected chi connectivity index (χ2v) is 3.53. The number of tetrazole rings is 1. The standard InChI is InChI=1S/C9H13N5O2/c1-16-6-7-2-4-14(5-3-7)9(15)8-10-12-13-11-8/h2H,3-6H2,1H3,(H,10,11,12,13). The number of hydrogen-bond donors (Lipinski definition) is 1. The lowest BCUT2D eigenvalue weighted by Gasteiger charge is -2.24. The van der Waals surface area contributed by atoms with Crippen LogP contribution in [0.4, 0.5) is 0 Å². The summed E-state index contributed by atoms with van der Waals surface area (Å²) < 4.78 is 5.04. The molecule has 0 aromatic carbocycles. The number of carbonyl (C=O) groups excluding carboxylic acids is 1. The van der Waals surface area contributed by atoms with Gasteiger partial charge in [-0.05, 0) is 17.2 Å². The molecule has 2 heterocycles. The van der Waals surface area contributed by atoms with E-state index in [0.717, 1.165) is 6.42 Å². The van der Waals surface area contributed by atoms with E-state index in [-0.39, 0.29) is 11.7 Å². The van der Waals surface area contributed by atoms with E-state index in [0.29, 0.717) is 19.7 Å². The fourth-order valence-corrected chi connectivity index (χ4v) is 1.61. The van der Waals surface area contributed by atoms with Crippen LogP contribution in [0.2, 0.25) is 0 Å². The number of aromatic amines is 1. The van der Waals surface area contributed by atoms with Crippen LogP contribution >= 0.6 is 0 Å². The molecule has 1 aromatic heterocycles. The van der Waals surface area contributed by atoms with Crippen LogP contribution in [-0.2, 0) is 4.74 Å². The first-order valence-electron chi connectivity index (χ1n) is 5.01. The first kappa shape index (κ1) is 10.7. The SMILES string of the molecule is COCC1=CCN(C(=O)c2nn[nH]n2)CC1. The number of carbonyl (C=O) groups is 1. The van der Waals surface area contributed by atoms with Gasteiger partial charge < -0.3 is 9.64 Å². The van der Waals surface area contributed by atoms with Crippen LogP contribution in [0.3, 0.4) is 0 Å². The normalized spacial score (nSPS) is 16.1. The third-order valence-corrected chi connectivity index (χ3v) is 2.46.